The number of carbonyl (C=O) groups is 2. The highest BCUT2D eigenvalue weighted by molar-refractivity contribution is 5.70. The second kappa shape index (κ2) is 6.87. The van der Waals surface area contributed by atoms with E-state index < -0.39 is 0 Å². The molecule has 24 heavy (non-hydrogen) atoms. The molecular weight excluding hydrogens is 304 g/mol. The molecule has 0 atom stereocenters. The molecule has 0 heterocycles. The average Bonchev–Trinajstić information content (AvgIpc) is 2.50. The molecule has 0 saturated heterocycles. The van der Waals surface area contributed by atoms with Gasteiger partial charge in [0, 0.05) is 13.8 Å². The van der Waals surface area contributed by atoms with Crippen LogP contribution in [0.2, 0.25) is 0 Å². The fourth-order valence-electron chi connectivity index (χ4n) is 2.98. The summed E-state index contributed by atoms with van der Waals surface area (Å²) in [5.41, 5.74) is 4.20. The molecule has 0 amide bonds. The standard InChI is InChI=1S/C20H20O4/c1-13(21)23-19-11-15-3-7-17(19)9-5-16-4-8-18(10-6-15)20(12-16)24-14(2)22/h3-4,7-8,11-12H,5-6,9-10H2,1-2H3. The van der Waals surface area contributed by atoms with Crippen LogP contribution < -0.4 is 9.47 Å². The van der Waals surface area contributed by atoms with Gasteiger partial charge in [-0.05, 0) is 60.1 Å². The molecule has 0 aliphatic heterocycles. The zero-order chi connectivity index (χ0) is 17.1. The number of hydrogen-bond donors (Lipinski definition) is 0. The highest BCUT2D eigenvalue weighted by atomic mass is 16.5. The third-order valence-electron chi connectivity index (χ3n) is 4.14. The first-order valence-electron chi connectivity index (χ1n) is 8.12. The van der Waals surface area contributed by atoms with Gasteiger partial charge in [0.15, 0.2) is 0 Å². The topological polar surface area (TPSA) is 52.6 Å². The minimum absolute atomic E-state index is 0.305. The Hall–Kier alpha value is -2.62. The number of benzene rings is 2. The van der Waals surface area contributed by atoms with Crippen LogP contribution in [-0.2, 0) is 35.3 Å². The van der Waals surface area contributed by atoms with Crippen molar-refractivity contribution in [3.05, 3.63) is 58.7 Å². The van der Waals surface area contributed by atoms with Crippen molar-refractivity contribution < 1.29 is 19.1 Å². The van der Waals surface area contributed by atoms with E-state index in [0.29, 0.717) is 11.5 Å². The molecule has 0 aromatic heterocycles. The summed E-state index contributed by atoms with van der Waals surface area (Å²) in [5.74, 6) is 0.687. The molecule has 2 aromatic rings. The van der Waals surface area contributed by atoms with Crippen molar-refractivity contribution in [2.24, 2.45) is 0 Å². The number of carbonyl (C=O) groups excluding carboxylic acids is 2. The van der Waals surface area contributed by atoms with Crippen molar-refractivity contribution >= 4 is 11.9 Å². The predicted molar refractivity (Wildman–Crippen MR) is 90.3 cm³/mol. The summed E-state index contributed by atoms with van der Waals surface area (Å²) in [6, 6.07) is 12.1. The summed E-state index contributed by atoms with van der Waals surface area (Å²) >= 11 is 0. The molecular formula is C20H20O4. The highest BCUT2D eigenvalue weighted by Crippen LogP contribution is 2.28. The highest BCUT2D eigenvalue weighted by Gasteiger charge is 2.13. The number of aryl methyl sites for hydroxylation is 4. The van der Waals surface area contributed by atoms with Gasteiger partial charge in [0.05, 0.1) is 0 Å². The van der Waals surface area contributed by atoms with E-state index in [1.165, 1.54) is 13.8 Å². The fourth-order valence-corrected chi connectivity index (χ4v) is 2.98. The van der Waals surface area contributed by atoms with Crippen LogP contribution in [0, 0.1) is 0 Å². The van der Waals surface area contributed by atoms with E-state index in [4.69, 9.17) is 9.47 Å². The number of hydrogen-bond acceptors (Lipinski definition) is 4. The monoisotopic (exact) mass is 324 g/mol. The summed E-state index contributed by atoms with van der Waals surface area (Å²) in [4.78, 5) is 22.7. The van der Waals surface area contributed by atoms with Gasteiger partial charge in [-0.15, -0.1) is 0 Å². The summed E-state index contributed by atoms with van der Waals surface area (Å²) in [7, 11) is 0. The maximum Gasteiger partial charge on any atom is 0.308 e. The lowest BCUT2D eigenvalue weighted by Gasteiger charge is -2.16. The maximum atomic E-state index is 11.3. The van der Waals surface area contributed by atoms with E-state index in [1.54, 1.807) is 0 Å². The first-order valence-corrected chi connectivity index (χ1v) is 8.12. The van der Waals surface area contributed by atoms with Crippen molar-refractivity contribution in [3.63, 3.8) is 0 Å². The SMILES string of the molecule is CC(=O)Oc1cc2ccc1CCc1ccc(c(OC(C)=O)c1)CC2. The van der Waals surface area contributed by atoms with Crippen LogP contribution in [0.3, 0.4) is 0 Å². The lowest BCUT2D eigenvalue weighted by atomic mass is 9.95. The first kappa shape index (κ1) is 16.2. The minimum atomic E-state index is -0.305. The fraction of sp³-hybridized carbons (Fsp3) is 0.300. The van der Waals surface area contributed by atoms with Gasteiger partial charge in [0.1, 0.15) is 11.5 Å². The Labute approximate surface area is 141 Å². The summed E-state index contributed by atoms with van der Waals surface area (Å²) < 4.78 is 10.8. The van der Waals surface area contributed by atoms with Gasteiger partial charge in [-0.2, -0.15) is 0 Å². The van der Waals surface area contributed by atoms with Gasteiger partial charge >= 0.3 is 11.9 Å². The smallest absolute Gasteiger partial charge is 0.308 e. The Kier molecular flexibility index (Phi) is 4.65. The minimum Gasteiger partial charge on any atom is -0.426 e. The predicted octanol–water partition coefficient (Wildman–Crippen LogP) is 3.42. The molecule has 0 saturated carbocycles. The summed E-state index contributed by atoms with van der Waals surface area (Å²) in [6.07, 6.45) is 3.06. The molecule has 124 valence electrons. The Balaban J connectivity index is 1.96. The van der Waals surface area contributed by atoms with Crippen LogP contribution in [0.15, 0.2) is 36.4 Å². The van der Waals surface area contributed by atoms with Crippen LogP contribution in [0.5, 0.6) is 11.5 Å². The van der Waals surface area contributed by atoms with E-state index in [0.717, 1.165) is 47.9 Å². The van der Waals surface area contributed by atoms with Gasteiger partial charge in [-0.1, -0.05) is 24.3 Å². The molecule has 6 rings (SSSR count). The van der Waals surface area contributed by atoms with Crippen LogP contribution >= 0.6 is 0 Å². The van der Waals surface area contributed by atoms with E-state index in [2.05, 4.69) is 12.1 Å². The van der Waals surface area contributed by atoms with Crippen LogP contribution in [0.4, 0.5) is 0 Å². The van der Waals surface area contributed by atoms with Gasteiger partial charge in [-0.25, -0.2) is 0 Å². The normalized spacial score (nSPS) is 13.1. The third-order valence-corrected chi connectivity index (χ3v) is 4.14. The van der Waals surface area contributed by atoms with Crippen LogP contribution in [0.1, 0.15) is 36.1 Å². The molecule has 4 heteroatoms. The Morgan fingerprint density at radius 2 is 1.12 bits per heavy atom. The molecule has 0 N–H and O–H groups in total. The van der Waals surface area contributed by atoms with Gasteiger partial charge in [0.25, 0.3) is 0 Å². The van der Waals surface area contributed by atoms with E-state index in [9.17, 15) is 9.59 Å². The van der Waals surface area contributed by atoms with Crippen molar-refractivity contribution in [1.82, 2.24) is 0 Å². The zero-order valence-corrected chi connectivity index (χ0v) is 13.9. The van der Waals surface area contributed by atoms with Crippen LogP contribution in [-0.4, -0.2) is 11.9 Å². The average molecular weight is 324 g/mol. The van der Waals surface area contributed by atoms with Crippen molar-refractivity contribution in [1.29, 1.82) is 0 Å². The van der Waals surface area contributed by atoms with Crippen LogP contribution in [0.25, 0.3) is 0 Å². The largest absolute Gasteiger partial charge is 0.426 e. The van der Waals surface area contributed by atoms with Gasteiger partial charge < -0.3 is 9.47 Å². The summed E-state index contributed by atoms with van der Waals surface area (Å²) in [5, 5.41) is 0. The van der Waals surface area contributed by atoms with E-state index >= 15 is 0 Å². The van der Waals surface area contributed by atoms with Crippen molar-refractivity contribution in [2.45, 2.75) is 39.5 Å². The van der Waals surface area contributed by atoms with E-state index in [-0.39, 0.29) is 11.9 Å². The molecule has 4 nitrogen and oxygen atoms in total. The molecule has 0 fully saturated rings. The molecule has 2 aromatic carbocycles. The molecule has 4 aliphatic rings. The maximum absolute atomic E-state index is 11.3. The Morgan fingerprint density at radius 3 is 1.50 bits per heavy atom. The lowest BCUT2D eigenvalue weighted by molar-refractivity contribution is -0.132. The Bertz CT molecular complexity index is 725. The van der Waals surface area contributed by atoms with Gasteiger partial charge in [-0.3, -0.25) is 9.59 Å². The number of ether oxygens (including phenoxy) is 2. The third kappa shape index (κ3) is 3.82. The second-order valence-corrected chi connectivity index (χ2v) is 6.07. The van der Waals surface area contributed by atoms with Gasteiger partial charge in [0.2, 0.25) is 0 Å². The quantitative estimate of drug-likeness (QED) is 0.627. The molecule has 4 bridgehead atoms. The van der Waals surface area contributed by atoms with Crippen molar-refractivity contribution in [2.75, 3.05) is 0 Å². The number of rotatable bonds is 2. The summed E-state index contributed by atoms with van der Waals surface area (Å²) in [6.45, 7) is 2.84. The first-order chi connectivity index (χ1) is 11.5. The molecule has 4 aliphatic carbocycles. The van der Waals surface area contributed by atoms with E-state index in [1.807, 2.05) is 24.3 Å². The molecule has 0 radical (unpaired) electrons. The molecule has 0 spiro atoms. The lowest BCUT2D eigenvalue weighted by Crippen LogP contribution is -2.08. The number of esters is 2. The van der Waals surface area contributed by atoms with Crippen molar-refractivity contribution in [3.8, 4) is 11.5 Å². The molecule has 0 unspecified atom stereocenters. The zero-order valence-electron chi connectivity index (χ0n) is 13.9. The second-order valence-electron chi connectivity index (χ2n) is 6.07. The Morgan fingerprint density at radius 1 is 0.708 bits per heavy atom.